The lowest BCUT2D eigenvalue weighted by molar-refractivity contribution is 0.0673. The van der Waals surface area contributed by atoms with Crippen molar-refractivity contribution < 1.29 is 18.0 Å². The van der Waals surface area contributed by atoms with E-state index in [1.54, 1.807) is 17.9 Å². The van der Waals surface area contributed by atoms with Crippen molar-refractivity contribution in [3.05, 3.63) is 29.3 Å². The van der Waals surface area contributed by atoms with Crippen LogP contribution < -0.4 is 5.32 Å². The molecule has 1 N–H and O–H groups in total. The van der Waals surface area contributed by atoms with E-state index in [1.165, 1.54) is 12.1 Å². The minimum atomic E-state index is -3.85. The minimum Gasteiger partial charge on any atom is -0.338 e. The number of halogens is 1. The van der Waals surface area contributed by atoms with Crippen molar-refractivity contribution >= 4 is 34.2 Å². The molecule has 1 unspecified atom stereocenters. The first-order valence-electron chi connectivity index (χ1n) is 8.55. The van der Waals surface area contributed by atoms with Crippen molar-refractivity contribution in [2.24, 2.45) is 5.92 Å². The Labute approximate surface area is 160 Å². The number of amides is 2. The molecule has 1 atom stereocenters. The number of benzene rings is 1. The number of piperidine rings is 1. The fraction of sp³-hybridized carbons (Fsp3) is 0.529. The molecule has 2 amide bonds. The molecule has 1 saturated heterocycles. The fourth-order valence-electron chi connectivity index (χ4n) is 3.61. The summed E-state index contributed by atoms with van der Waals surface area (Å²) in [7, 11) is -1.96. The van der Waals surface area contributed by atoms with Gasteiger partial charge in [0.1, 0.15) is 4.90 Å². The highest BCUT2D eigenvalue weighted by molar-refractivity contribution is 7.90. The van der Waals surface area contributed by atoms with E-state index in [1.807, 2.05) is 7.05 Å². The Morgan fingerprint density at radius 1 is 1.35 bits per heavy atom. The lowest BCUT2D eigenvalue weighted by atomic mass is 9.97. The molecular weight excluding hydrogens is 378 g/mol. The Hall–Kier alpha value is -1.64. The second-order valence-electron chi connectivity index (χ2n) is 6.50. The quantitative estimate of drug-likeness (QED) is 0.822. The highest BCUT2D eigenvalue weighted by atomic mass is 35.5. The maximum absolute atomic E-state index is 12.8. The summed E-state index contributed by atoms with van der Waals surface area (Å²) in [5.41, 5.74) is 0.461. The van der Waals surface area contributed by atoms with Gasteiger partial charge in [0.25, 0.3) is 21.8 Å². The Morgan fingerprint density at radius 2 is 2.08 bits per heavy atom. The van der Waals surface area contributed by atoms with Crippen LogP contribution in [0.2, 0.25) is 0 Å². The molecule has 1 fully saturated rings. The number of sulfonamides is 1. The third-order valence-electron chi connectivity index (χ3n) is 4.84. The number of nitrogens with zero attached hydrogens (tertiary/aromatic N) is 2. The number of rotatable bonds is 4. The summed E-state index contributed by atoms with van der Waals surface area (Å²) in [5.74, 6) is -0.303. The van der Waals surface area contributed by atoms with Gasteiger partial charge in [-0.2, -0.15) is 0 Å². The standard InChI is InChI=1S/C17H23N3O4S.ClH/c1-3-20-17(22)14-7-6-13(9-15(14)25(20,23)24)16(21)19-8-4-5-12(11-19)10-18-2;/h6-7,9,12,18H,3-5,8,10-11H2,1-2H3;1H. The Morgan fingerprint density at radius 3 is 2.73 bits per heavy atom. The minimum absolute atomic E-state index is 0. The zero-order valence-corrected chi connectivity index (χ0v) is 16.5. The van der Waals surface area contributed by atoms with Crippen molar-refractivity contribution in [3.63, 3.8) is 0 Å². The lowest BCUT2D eigenvalue weighted by Crippen LogP contribution is -2.42. The number of likely N-dealkylation sites (tertiary alicyclic amines) is 1. The van der Waals surface area contributed by atoms with Crippen LogP contribution in [0.5, 0.6) is 0 Å². The normalized spacial score (nSPS) is 21.3. The van der Waals surface area contributed by atoms with Gasteiger partial charge < -0.3 is 10.2 Å². The average Bonchev–Trinajstić information content (AvgIpc) is 2.80. The molecule has 0 saturated carbocycles. The first-order valence-corrected chi connectivity index (χ1v) is 9.99. The first-order chi connectivity index (χ1) is 11.9. The van der Waals surface area contributed by atoms with E-state index < -0.39 is 15.9 Å². The highest BCUT2D eigenvalue weighted by Gasteiger charge is 2.40. The molecular formula is C17H24ClN3O4S. The third-order valence-corrected chi connectivity index (χ3v) is 6.74. The molecule has 2 heterocycles. The van der Waals surface area contributed by atoms with Crippen molar-refractivity contribution in [2.45, 2.75) is 24.7 Å². The SMILES string of the molecule is CCN1C(=O)c2ccc(C(=O)N3CCCC(CNC)C3)cc2S1(=O)=O.Cl. The van der Waals surface area contributed by atoms with E-state index in [0.29, 0.717) is 24.6 Å². The largest absolute Gasteiger partial charge is 0.338 e. The van der Waals surface area contributed by atoms with E-state index in [2.05, 4.69) is 5.32 Å². The van der Waals surface area contributed by atoms with Crippen LogP contribution in [0.1, 0.15) is 40.5 Å². The van der Waals surface area contributed by atoms with Crippen LogP contribution in [0.3, 0.4) is 0 Å². The topological polar surface area (TPSA) is 86.8 Å². The van der Waals surface area contributed by atoms with E-state index >= 15 is 0 Å². The molecule has 7 nitrogen and oxygen atoms in total. The van der Waals surface area contributed by atoms with Crippen LogP contribution in [0.15, 0.2) is 23.1 Å². The second-order valence-corrected chi connectivity index (χ2v) is 8.33. The van der Waals surface area contributed by atoms with Gasteiger partial charge in [0.15, 0.2) is 0 Å². The Balaban J connectivity index is 0.00000243. The molecule has 1 aromatic rings. The predicted octanol–water partition coefficient (Wildman–Crippen LogP) is 1.34. The Kier molecular flexibility index (Phi) is 6.31. The van der Waals surface area contributed by atoms with Gasteiger partial charge in [-0.05, 0) is 57.5 Å². The van der Waals surface area contributed by atoms with Crippen LogP contribution in [0, 0.1) is 5.92 Å². The number of hydrogen-bond acceptors (Lipinski definition) is 5. The first kappa shape index (κ1) is 20.7. The molecule has 2 aliphatic heterocycles. The average molecular weight is 402 g/mol. The van der Waals surface area contributed by atoms with Gasteiger partial charge in [-0.1, -0.05) is 0 Å². The van der Waals surface area contributed by atoms with Gasteiger partial charge in [0.05, 0.1) is 5.56 Å². The van der Waals surface area contributed by atoms with Crippen molar-refractivity contribution in [1.82, 2.24) is 14.5 Å². The monoisotopic (exact) mass is 401 g/mol. The lowest BCUT2D eigenvalue weighted by Gasteiger charge is -2.32. The smallest absolute Gasteiger partial charge is 0.268 e. The van der Waals surface area contributed by atoms with Gasteiger partial charge in [-0.15, -0.1) is 12.4 Å². The zero-order chi connectivity index (χ0) is 18.2. The summed E-state index contributed by atoms with van der Waals surface area (Å²) in [5, 5.41) is 3.14. The van der Waals surface area contributed by atoms with Gasteiger partial charge in [-0.3, -0.25) is 9.59 Å². The molecule has 0 aromatic heterocycles. The van der Waals surface area contributed by atoms with Gasteiger partial charge in [0, 0.05) is 25.2 Å². The maximum atomic E-state index is 12.8. The molecule has 0 spiro atoms. The van der Waals surface area contributed by atoms with Crippen molar-refractivity contribution in [1.29, 1.82) is 0 Å². The fourth-order valence-corrected chi connectivity index (χ4v) is 5.21. The molecule has 2 aliphatic rings. The maximum Gasteiger partial charge on any atom is 0.268 e. The van der Waals surface area contributed by atoms with Crippen LogP contribution in [-0.4, -0.2) is 62.7 Å². The molecule has 26 heavy (non-hydrogen) atoms. The molecule has 3 rings (SSSR count). The van der Waals surface area contributed by atoms with Gasteiger partial charge in [0.2, 0.25) is 0 Å². The summed E-state index contributed by atoms with van der Waals surface area (Å²) >= 11 is 0. The van der Waals surface area contributed by atoms with Gasteiger partial charge in [-0.25, -0.2) is 12.7 Å². The van der Waals surface area contributed by atoms with Crippen LogP contribution in [0.4, 0.5) is 0 Å². The number of carbonyl (C=O) groups is 2. The molecule has 9 heteroatoms. The van der Waals surface area contributed by atoms with E-state index in [9.17, 15) is 18.0 Å². The summed E-state index contributed by atoms with van der Waals surface area (Å²) < 4.78 is 25.8. The molecule has 144 valence electrons. The van der Waals surface area contributed by atoms with Crippen LogP contribution >= 0.6 is 12.4 Å². The number of hydrogen-bond donors (Lipinski definition) is 1. The summed E-state index contributed by atoms with van der Waals surface area (Å²) in [4.78, 5) is 26.7. The van der Waals surface area contributed by atoms with E-state index in [0.717, 1.165) is 23.7 Å². The van der Waals surface area contributed by atoms with E-state index in [-0.39, 0.29) is 35.3 Å². The molecule has 1 aromatic carbocycles. The summed E-state index contributed by atoms with van der Waals surface area (Å²) in [6.45, 7) is 3.87. The Bertz CT molecular complexity index is 810. The molecule has 0 radical (unpaired) electrons. The highest BCUT2D eigenvalue weighted by Crippen LogP contribution is 2.31. The van der Waals surface area contributed by atoms with Crippen molar-refractivity contribution in [3.8, 4) is 0 Å². The molecule has 0 aliphatic carbocycles. The second kappa shape index (κ2) is 7.94. The van der Waals surface area contributed by atoms with Crippen LogP contribution in [-0.2, 0) is 10.0 Å². The van der Waals surface area contributed by atoms with Crippen LogP contribution in [0.25, 0.3) is 0 Å². The number of fused-ring (bicyclic) bond motifs is 1. The number of nitrogens with one attached hydrogen (secondary N) is 1. The number of carbonyl (C=O) groups excluding carboxylic acids is 2. The van der Waals surface area contributed by atoms with Gasteiger partial charge >= 0.3 is 0 Å². The zero-order valence-electron chi connectivity index (χ0n) is 14.9. The summed E-state index contributed by atoms with van der Waals surface area (Å²) in [6.07, 6.45) is 2.01. The molecule has 0 bridgehead atoms. The third kappa shape index (κ3) is 3.45. The van der Waals surface area contributed by atoms with Crippen molar-refractivity contribution in [2.75, 3.05) is 33.2 Å². The predicted molar refractivity (Wildman–Crippen MR) is 100 cm³/mol. The summed E-state index contributed by atoms with van der Waals surface area (Å²) in [6, 6.07) is 4.35. The van der Waals surface area contributed by atoms with E-state index in [4.69, 9.17) is 0 Å².